The predicted molar refractivity (Wildman–Crippen MR) is 77.9 cm³/mol. The smallest absolute Gasteiger partial charge is 0.0613 e. The van der Waals surface area contributed by atoms with Crippen LogP contribution in [-0.2, 0) is 0 Å². The molecule has 2 N–H and O–H groups in total. The van der Waals surface area contributed by atoms with Crippen molar-refractivity contribution >= 4 is 0 Å². The monoisotopic (exact) mass is 256 g/mol. The van der Waals surface area contributed by atoms with Crippen LogP contribution in [0, 0.1) is 0 Å². The van der Waals surface area contributed by atoms with Crippen molar-refractivity contribution in [1.29, 1.82) is 0 Å². The lowest BCUT2D eigenvalue weighted by molar-refractivity contribution is 0.140. The van der Waals surface area contributed by atoms with Gasteiger partial charge in [0.2, 0.25) is 0 Å². The predicted octanol–water partition coefficient (Wildman–Crippen LogP) is 2.39. The van der Waals surface area contributed by atoms with Crippen LogP contribution in [0.1, 0.15) is 58.8 Å². The molecule has 1 fully saturated rings. The minimum atomic E-state index is -0.0604. The van der Waals surface area contributed by atoms with E-state index in [-0.39, 0.29) is 12.1 Å². The van der Waals surface area contributed by atoms with Crippen molar-refractivity contribution in [2.45, 2.75) is 70.4 Å². The van der Waals surface area contributed by atoms with Gasteiger partial charge in [-0.2, -0.15) is 0 Å². The second-order valence-electron chi connectivity index (χ2n) is 5.88. The lowest BCUT2D eigenvalue weighted by Gasteiger charge is -2.33. The largest absolute Gasteiger partial charge is 0.394 e. The van der Waals surface area contributed by atoms with Crippen molar-refractivity contribution in [3.8, 4) is 0 Å². The standard InChI is InChI=1S/C15H32N2O/c1-4-15(13-18,16-3)10-8-12-17-11-7-5-6-9-14(17)2/h14,16,18H,4-13H2,1-3H3. The average molecular weight is 256 g/mol. The van der Waals surface area contributed by atoms with Gasteiger partial charge >= 0.3 is 0 Å². The fraction of sp³-hybridized carbons (Fsp3) is 1.00. The van der Waals surface area contributed by atoms with Crippen LogP contribution in [0.4, 0.5) is 0 Å². The van der Waals surface area contributed by atoms with E-state index in [2.05, 4.69) is 24.1 Å². The van der Waals surface area contributed by atoms with Gasteiger partial charge in [0.15, 0.2) is 0 Å². The van der Waals surface area contributed by atoms with Crippen molar-refractivity contribution < 1.29 is 5.11 Å². The number of aliphatic hydroxyl groups excluding tert-OH is 1. The van der Waals surface area contributed by atoms with Crippen LogP contribution in [0.15, 0.2) is 0 Å². The molecule has 108 valence electrons. The molecule has 1 saturated heterocycles. The molecule has 0 aliphatic carbocycles. The van der Waals surface area contributed by atoms with E-state index in [0.717, 1.165) is 18.9 Å². The van der Waals surface area contributed by atoms with Gasteiger partial charge in [-0.1, -0.05) is 19.8 Å². The number of hydrogen-bond donors (Lipinski definition) is 2. The Hall–Kier alpha value is -0.120. The first-order valence-corrected chi connectivity index (χ1v) is 7.71. The van der Waals surface area contributed by atoms with Gasteiger partial charge in [-0.3, -0.25) is 0 Å². The summed E-state index contributed by atoms with van der Waals surface area (Å²) in [7, 11) is 1.97. The highest BCUT2D eigenvalue weighted by molar-refractivity contribution is 4.85. The number of nitrogens with one attached hydrogen (secondary N) is 1. The van der Waals surface area contributed by atoms with E-state index in [0.29, 0.717) is 0 Å². The number of hydrogen-bond acceptors (Lipinski definition) is 3. The van der Waals surface area contributed by atoms with Crippen molar-refractivity contribution in [2.24, 2.45) is 0 Å². The van der Waals surface area contributed by atoms with Gasteiger partial charge in [0.05, 0.1) is 6.61 Å². The maximum Gasteiger partial charge on any atom is 0.0613 e. The molecule has 3 heteroatoms. The summed E-state index contributed by atoms with van der Waals surface area (Å²) >= 11 is 0. The van der Waals surface area contributed by atoms with E-state index < -0.39 is 0 Å². The first-order valence-electron chi connectivity index (χ1n) is 7.71. The Bertz CT molecular complexity index is 208. The molecular formula is C15H32N2O. The number of likely N-dealkylation sites (tertiary alicyclic amines) is 1. The molecular weight excluding hydrogens is 224 g/mol. The quantitative estimate of drug-likeness (QED) is 0.734. The lowest BCUT2D eigenvalue weighted by Crippen LogP contribution is -2.46. The molecule has 3 nitrogen and oxygen atoms in total. The second kappa shape index (κ2) is 8.13. The minimum Gasteiger partial charge on any atom is -0.394 e. The van der Waals surface area contributed by atoms with Crippen LogP contribution in [0.5, 0.6) is 0 Å². The van der Waals surface area contributed by atoms with E-state index in [4.69, 9.17) is 0 Å². The molecule has 2 unspecified atom stereocenters. The third kappa shape index (κ3) is 4.52. The summed E-state index contributed by atoms with van der Waals surface area (Å²) in [6.45, 7) is 7.21. The summed E-state index contributed by atoms with van der Waals surface area (Å²) < 4.78 is 0. The van der Waals surface area contributed by atoms with E-state index >= 15 is 0 Å². The number of rotatable bonds is 7. The maximum absolute atomic E-state index is 9.53. The van der Waals surface area contributed by atoms with Crippen LogP contribution < -0.4 is 5.32 Å². The third-order valence-corrected chi connectivity index (χ3v) is 4.80. The molecule has 1 rings (SSSR count). The van der Waals surface area contributed by atoms with E-state index in [1.165, 1.54) is 45.2 Å². The fourth-order valence-corrected chi connectivity index (χ4v) is 3.04. The molecule has 0 spiro atoms. The zero-order valence-electron chi connectivity index (χ0n) is 12.5. The van der Waals surface area contributed by atoms with Gasteiger partial charge in [0, 0.05) is 11.6 Å². The number of aliphatic hydroxyl groups is 1. The summed E-state index contributed by atoms with van der Waals surface area (Å²) in [5.74, 6) is 0. The molecule has 0 radical (unpaired) electrons. The maximum atomic E-state index is 9.53. The van der Waals surface area contributed by atoms with Crippen molar-refractivity contribution in [3.05, 3.63) is 0 Å². The normalized spacial score (nSPS) is 25.7. The Labute approximate surface area is 113 Å². The SMILES string of the molecule is CCC(CO)(CCCN1CCCCCC1C)NC. The third-order valence-electron chi connectivity index (χ3n) is 4.80. The Kier molecular flexibility index (Phi) is 7.20. The van der Waals surface area contributed by atoms with Gasteiger partial charge in [0.25, 0.3) is 0 Å². The molecule has 0 bridgehead atoms. The molecule has 1 heterocycles. The van der Waals surface area contributed by atoms with Gasteiger partial charge in [-0.25, -0.2) is 0 Å². The minimum absolute atomic E-state index is 0.0604. The van der Waals surface area contributed by atoms with E-state index in [1.54, 1.807) is 0 Å². The summed E-state index contributed by atoms with van der Waals surface area (Å²) in [6.07, 6.45) is 8.74. The topological polar surface area (TPSA) is 35.5 Å². The summed E-state index contributed by atoms with van der Waals surface area (Å²) in [6, 6.07) is 0.743. The molecule has 2 atom stereocenters. The summed E-state index contributed by atoms with van der Waals surface area (Å²) in [5.41, 5.74) is -0.0604. The average Bonchev–Trinajstić information content (AvgIpc) is 2.61. The van der Waals surface area contributed by atoms with Gasteiger partial charge in [-0.05, 0) is 59.2 Å². The summed E-state index contributed by atoms with van der Waals surface area (Å²) in [4.78, 5) is 2.64. The van der Waals surface area contributed by atoms with Gasteiger partial charge < -0.3 is 15.3 Å². The molecule has 18 heavy (non-hydrogen) atoms. The van der Waals surface area contributed by atoms with Gasteiger partial charge in [-0.15, -0.1) is 0 Å². The fourth-order valence-electron chi connectivity index (χ4n) is 3.04. The molecule has 0 aromatic heterocycles. The first-order chi connectivity index (χ1) is 8.67. The Balaban J connectivity index is 2.34. The molecule has 1 aliphatic heterocycles. The Morgan fingerprint density at radius 1 is 1.33 bits per heavy atom. The lowest BCUT2D eigenvalue weighted by atomic mass is 9.91. The van der Waals surface area contributed by atoms with E-state index in [9.17, 15) is 5.11 Å². The zero-order valence-corrected chi connectivity index (χ0v) is 12.5. The number of nitrogens with zero attached hydrogens (tertiary/aromatic N) is 1. The van der Waals surface area contributed by atoms with Crippen molar-refractivity contribution in [1.82, 2.24) is 10.2 Å². The van der Waals surface area contributed by atoms with Crippen molar-refractivity contribution in [3.63, 3.8) is 0 Å². The highest BCUT2D eigenvalue weighted by Crippen LogP contribution is 2.20. The van der Waals surface area contributed by atoms with Gasteiger partial charge in [0.1, 0.15) is 0 Å². The summed E-state index contributed by atoms with van der Waals surface area (Å²) in [5, 5.41) is 12.8. The van der Waals surface area contributed by atoms with Crippen LogP contribution in [0.2, 0.25) is 0 Å². The molecule has 0 saturated carbocycles. The molecule has 1 aliphatic rings. The van der Waals surface area contributed by atoms with Crippen LogP contribution in [0.25, 0.3) is 0 Å². The Morgan fingerprint density at radius 2 is 2.11 bits per heavy atom. The highest BCUT2D eigenvalue weighted by atomic mass is 16.3. The molecule has 0 amide bonds. The zero-order chi connectivity index (χ0) is 13.4. The molecule has 0 aromatic rings. The van der Waals surface area contributed by atoms with Crippen molar-refractivity contribution in [2.75, 3.05) is 26.7 Å². The number of likely N-dealkylation sites (N-methyl/N-ethyl adjacent to an activating group) is 1. The highest BCUT2D eigenvalue weighted by Gasteiger charge is 2.25. The second-order valence-corrected chi connectivity index (χ2v) is 5.88. The van der Waals surface area contributed by atoms with Crippen LogP contribution >= 0.6 is 0 Å². The van der Waals surface area contributed by atoms with E-state index in [1.807, 2.05) is 7.05 Å². The Morgan fingerprint density at radius 3 is 2.72 bits per heavy atom. The van der Waals surface area contributed by atoms with Crippen LogP contribution in [-0.4, -0.2) is 48.3 Å². The van der Waals surface area contributed by atoms with Crippen LogP contribution in [0.3, 0.4) is 0 Å². The first kappa shape index (κ1) is 15.9. The molecule has 0 aromatic carbocycles.